The van der Waals surface area contributed by atoms with Crippen LogP contribution in [0.25, 0.3) is 0 Å². The molecule has 1 fully saturated rings. The standard InChI is InChI=1S/C17H22BrN3O5/c1-17(2,3)26-16(23)20-8-4-5-11(10-20)15(22)19-14-9-12(21(24)25)6-7-13(14)18/h6-7,9,11H,4-5,8,10H2,1-3H3,(H,19,22). The van der Waals surface area contributed by atoms with Gasteiger partial charge in [0.1, 0.15) is 5.60 Å². The van der Waals surface area contributed by atoms with Gasteiger partial charge >= 0.3 is 6.09 Å². The predicted octanol–water partition coefficient (Wildman–Crippen LogP) is 3.94. The van der Waals surface area contributed by atoms with Crippen LogP contribution in [-0.4, -0.2) is 40.5 Å². The fourth-order valence-corrected chi connectivity index (χ4v) is 2.99. The third-order valence-corrected chi connectivity index (χ3v) is 4.55. The molecule has 1 aromatic rings. The molecule has 8 nitrogen and oxygen atoms in total. The Morgan fingerprint density at radius 3 is 2.69 bits per heavy atom. The molecule has 0 saturated carbocycles. The summed E-state index contributed by atoms with van der Waals surface area (Å²) in [4.78, 5) is 36.7. The second kappa shape index (κ2) is 8.03. The molecule has 0 aromatic heterocycles. The molecule has 1 unspecified atom stereocenters. The normalized spacial score (nSPS) is 17.5. The number of rotatable bonds is 3. The maximum Gasteiger partial charge on any atom is 0.410 e. The molecule has 0 aliphatic carbocycles. The number of nitro benzene ring substituents is 1. The third-order valence-electron chi connectivity index (χ3n) is 3.86. The number of non-ortho nitro benzene ring substituents is 1. The summed E-state index contributed by atoms with van der Waals surface area (Å²) in [5.41, 5.74) is -0.374. The van der Waals surface area contributed by atoms with Crippen molar-refractivity contribution in [3.8, 4) is 0 Å². The summed E-state index contributed by atoms with van der Waals surface area (Å²) in [6.45, 7) is 6.17. The van der Waals surface area contributed by atoms with Gasteiger partial charge in [-0.25, -0.2) is 4.79 Å². The molecule has 0 radical (unpaired) electrons. The van der Waals surface area contributed by atoms with Crippen molar-refractivity contribution in [2.45, 2.75) is 39.2 Å². The van der Waals surface area contributed by atoms with Crippen molar-refractivity contribution < 1.29 is 19.2 Å². The molecule has 2 rings (SSSR count). The van der Waals surface area contributed by atoms with Crippen LogP contribution in [0.5, 0.6) is 0 Å². The Morgan fingerprint density at radius 2 is 2.08 bits per heavy atom. The third kappa shape index (κ3) is 5.42. The highest BCUT2D eigenvalue weighted by molar-refractivity contribution is 9.10. The minimum Gasteiger partial charge on any atom is -0.444 e. The van der Waals surface area contributed by atoms with Gasteiger partial charge in [0, 0.05) is 29.7 Å². The zero-order valence-corrected chi connectivity index (χ0v) is 16.5. The van der Waals surface area contributed by atoms with Gasteiger partial charge in [-0.15, -0.1) is 0 Å². The molecule has 1 N–H and O–H groups in total. The van der Waals surface area contributed by atoms with Crippen molar-refractivity contribution in [1.82, 2.24) is 4.90 Å². The Labute approximate surface area is 160 Å². The van der Waals surface area contributed by atoms with E-state index in [1.807, 2.05) is 0 Å². The van der Waals surface area contributed by atoms with Crippen molar-refractivity contribution in [3.05, 3.63) is 32.8 Å². The van der Waals surface area contributed by atoms with E-state index in [2.05, 4.69) is 21.2 Å². The Bertz CT molecular complexity index is 717. The van der Waals surface area contributed by atoms with Gasteiger partial charge in [0.2, 0.25) is 5.91 Å². The number of nitrogens with zero attached hydrogens (tertiary/aromatic N) is 2. The van der Waals surface area contributed by atoms with Crippen LogP contribution in [0, 0.1) is 16.0 Å². The number of amides is 2. The van der Waals surface area contributed by atoms with Crippen LogP contribution >= 0.6 is 15.9 Å². The summed E-state index contributed by atoms with van der Waals surface area (Å²) >= 11 is 3.28. The molecule has 0 bridgehead atoms. The van der Waals surface area contributed by atoms with Gasteiger partial charge in [0.05, 0.1) is 16.5 Å². The van der Waals surface area contributed by atoms with Crippen LogP contribution in [0.15, 0.2) is 22.7 Å². The number of ether oxygens (including phenoxy) is 1. The first kappa shape index (κ1) is 20.2. The van der Waals surface area contributed by atoms with E-state index < -0.39 is 22.5 Å². The molecule has 1 aliphatic heterocycles. The summed E-state index contributed by atoms with van der Waals surface area (Å²) in [5.74, 6) is -0.679. The summed E-state index contributed by atoms with van der Waals surface area (Å²) < 4.78 is 5.91. The lowest BCUT2D eigenvalue weighted by atomic mass is 9.97. The number of benzene rings is 1. The number of nitro groups is 1. The topological polar surface area (TPSA) is 102 Å². The Kier molecular flexibility index (Phi) is 6.22. The van der Waals surface area contributed by atoms with E-state index in [0.717, 1.165) is 0 Å². The van der Waals surface area contributed by atoms with E-state index in [4.69, 9.17) is 4.74 Å². The molecular formula is C17H22BrN3O5. The molecule has 1 saturated heterocycles. The Balaban J connectivity index is 2.04. The molecule has 1 heterocycles. The van der Waals surface area contributed by atoms with Gasteiger partial charge in [-0.2, -0.15) is 0 Å². The number of nitrogens with one attached hydrogen (secondary N) is 1. The number of carbonyl (C=O) groups is 2. The van der Waals surface area contributed by atoms with Crippen molar-refractivity contribution in [3.63, 3.8) is 0 Å². The number of likely N-dealkylation sites (tertiary alicyclic amines) is 1. The van der Waals surface area contributed by atoms with Gasteiger partial charge in [-0.05, 0) is 55.6 Å². The first-order valence-corrected chi connectivity index (χ1v) is 9.09. The fraction of sp³-hybridized carbons (Fsp3) is 0.529. The van der Waals surface area contributed by atoms with Gasteiger partial charge in [0.15, 0.2) is 0 Å². The number of piperidine rings is 1. The van der Waals surface area contributed by atoms with Gasteiger partial charge in [-0.3, -0.25) is 14.9 Å². The molecular weight excluding hydrogens is 406 g/mol. The van der Waals surface area contributed by atoms with Crippen LogP contribution in [0.1, 0.15) is 33.6 Å². The van der Waals surface area contributed by atoms with Gasteiger partial charge in [0.25, 0.3) is 5.69 Å². The van der Waals surface area contributed by atoms with Gasteiger partial charge in [-0.1, -0.05) is 0 Å². The Hall–Kier alpha value is -2.16. The average Bonchev–Trinajstić information content (AvgIpc) is 2.55. The van der Waals surface area contributed by atoms with Crippen molar-refractivity contribution >= 4 is 39.3 Å². The number of anilines is 1. The van der Waals surface area contributed by atoms with E-state index in [9.17, 15) is 19.7 Å². The number of hydrogen-bond acceptors (Lipinski definition) is 5. The summed E-state index contributed by atoms with van der Waals surface area (Å²) in [6, 6.07) is 4.17. The van der Waals surface area contributed by atoms with Crippen LogP contribution in [0.2, 0.25) is 0 Å². The quantitative estimate of drug-likeness (QED) is 0.581. The number of halogens is 1. The van der Waals surface area contributed by atoms with E-state index in [1.165, 1.54) is 23.1 Å². The molecule has 26 heavy (non-hydrogen) atoms. The van der Waals surface area contributed by atoms with E-state index >= 15 is 0 Å². The van der Waals surface area contributed by atoms with Crippen molar-refractivity contribution in [1.29, 1.82) is 0 Å². The monoisotopic (exact) mass is 427 g/mol. The first-order valence-electron chi connectivity index (χ1n) is 8.29. The van der Waals surface area contributed by atoms with E-state index in [0.29, 0.717) is 29.5 Å². The molecule has 0 spiro atoms. The van der Waals surface area contributed by atoms with Crippen LogP contribution in [-0.2, 0) is 9.53 Å². The minimum absolute atomic E-state index is 0.109. The fourth-order valence-electron chi connectivity index (χ4n) is 2.64. The zero-order chi connectivity index (χ0) is 19.5. The molecule has 1 aromatic carbocycles. The van der Waals surface area contributed by atoms with Crippen LogP contribution in [0.3, 0.4) is 0 Å². The molecule has 142 valence electrons. The second-order valence-electron chi connectivity index (χ2n) is 7.18. The molecule has 1 aliphatic rings. The lowest BCUT2D eigenvalue weighted by Crippen LogP contribution is -2.45. The van der Waals surface area contributed by atoms with Crippen molar-refractivity contribution in [2.24, 2.45) is 5.92 Å². The second-order valence-corrected chi connectivity index (χ2v) is 8.03. The zero-order valence-electron chi connectivity index (χ0n) is 15.0. The molecule has 1 atom stereocenters. The average molecular weight is 428 g/mol. The highest BCUT2D eigenvalue weighted by Gasteiger charge is 2.31. The lowest BCUT2D eigenvalue weighted by Gasteiger charge is -2.33. The lowest BCUT2D eigenvalue weighted by molar-refractivity contribution is -0.384. The highest BCUT2D eigenvalue weighted by Crippen LogP contribution is 2.28. The van der Waals surface area contributed by atoms with Crippen LogP contribution in [0.4, 0.5) is 16.2 Å². The summed E-state index contributed by atoms with van der Waals surface area (Å²) in [7, 11) is 0. The summed E-state index contributed by atoms with van der Waals surface area (Å²) in [6.07, 6.45) is 0.886. The number of carbonyl (C=O) groups excluding carboxylic acids is 2. The largest absolute Gasteiger partial charge is 0.444 e. The van der Waals surface area contributed by atoms with Crippen LogP contribution < -0.4 is 5.32 Å². The Morgan fingerprint density at radius 1 is 1.38 bits per heavy atom. The van der Waals surface area contributed by atoms with E-state index in [1.54, 1.807) is 20.8 Å². The highest BCUT2D eigenvalue weighted by atomic mass is 79.9. The molecule has 2 amide bonds. The molecule has 9 heteroatoms. The summed E-state index contributed by atoms with van der Waals surface area (Å²) in [5, 5.41) is 13.6. The maximum atomic E-state index is 12.6. The smallest absolute Gasteiger partial charge is 0.410 e. The van der Waals surface area contributed by atoms with Gasteiger partial charge < -0.3 is 15.0 Å². The SMILES string of the molecule is CC(C)(C)OC(=O)N1CCCC(C(=O)Nc2cc([N+](=O)[O-])ccc2Br)C1. The predicted molar refractivity (Wildman–Crippen MR) is 100.0 cm³/mol. The maximum absolute atomic E-state index is 12.6. The van der Waals surface area contributed by atoms with Crippen molar-refractivity contribution in [2.75, 3.05) is 18.4 Å². The minimum atomic E-state index is -0.597. The number of hydrogen-bond donors (Lipinski definition) is 1. The van der Waals surface area contributed by atoms with E-state index in [-0.39, 0.29) is 18.1 Å². The first-order chi connectivity index (χ1) is 12.1.